The topological polar surface area (TPSA) is 47.6 Å². The third-order valence-corrected chi connectivity index (χ3v) is 3.44. The van der Waals surface area contributed by atoms with Crippen molar-refractivity contribution in [3.05, 3.63) is 59.9 Å². The van der Waals surface area contributed by atoms with Crippen LogP contribution in [0.15, 0.2) is 48.5 Å². The summed E-state index contributed by atoms with van der Waals surface area (Å²) in [5.41, 5.74) is 0.459. The first-order chi connectivity index (χ1) is 12.0. The molecule has 0 bridgehead atoms. The Morgan fingerprint density at radius 2 is 1.80 bits per heavy atom. The fourth-order valence-electron chi connectivity index (χ4n) is 2.29. The minimum atomic E-state index is -2.95. The highest BCUT2D eigenvalue weighted by atomic mass is 19.3. The molecule has 0 aromatic heterocycles. The van der Waals surface area contributed by atoms with E-state index in [2.05, 4.69) is 10.1 Å². The molecule has 7 heteroatoms. The Balaban J connectivity index is 1.99. The molecule has 134 valence electrons. The number of carbonyl (C=O) groups is 1. The van der Waals surface area contributed by atoms with Crippen LogP contribution >= 0.6 is 0 Å². The summed E-state index contributed by atoms with van der Waals surface area (Å²) in [4.78, 5) is 12.1. The second kappa shape index (κ2) is 8.96. The summed E-state index contributed by atoms with van der Waals surface area (Å²) in [5.74, 6) is -0.461. The molecule has 0 aliphatic rings. The maximum atomic E-state index is 12.8. The molecule has 1 amide bonds. The summed E-state index contributed by atoms with van der Waals surface area (Å²) in [5, 5.41) is 2.72. The number of nitrogens with one attached hydrogen (secondary N) is 1. The lowest BCUT2D eigenvalue weighted by atomic mass is 10.0. The van der Waals surface area contributed by atoms with Gasteiger partial charge in [-0.25, -0.2) is 4.39 Å². The molecular formula is C18H18F3NO3. The fraction of sp³-hybridized carbons (Fsp3) is 0.278. The van der Waals surface area contributed by atoms with Crippen molar-refractivity contribution >= 4 is 5.91 Å². The van der Waals surface area contributed by atoms with Crippen molar-refractivity contribution in [3.63, 3.8) is 0 Å². The van der Waals surface area contributed by atoms with Gasteiger partial charge >= 0.3 is 6.61 Å². The molecule has 0 saturated heterocycles. The molecule has 0 fully saturated rings. The Morgan fingerprint density at radius 1 is 1.12 bits per heavy atom. The van der Waals surface area contributed by atoms with Gasteiger partial charge in [0.05, 0.1) is 6.04 Å². The molecule has 0 aliphatic heterocycles. The molecule has 2 aromatic carbocycles. The summed E-state index contributed by atoms with van der Waals surface area (Å²) >= 11 is 0. The highest BCUT2D eigenvalue weighted by Crippen LogP contribution is 2.28. The van der Waals surface area contributed by atoms with E-state index < -0.39 is 24.4 Å². The number of benzene rings is 2. The maximum absolute atomic E-state index is 12.8. The van der Waals surface area contributed by atoms with Crippen LogP contribution in [0.1, 0.15) is 24.9 Å². The van der Waals surface area contributed by atoms with E-state index >= 15 is 0 Å². The zero-order valence-electron chi connectivity index (χ0n) is 13.5. The number of carbonyl (C=O) groups excluding carboxylic acids is 1. The number of para-hydroxylation sites is 1. The molecule has 1 N–H and O–H groups in total. The minimum absolute atomic E-state index is 0.0177. The van der Waals surface area contributed by atoms with E-state index in [0.29, 0.717) is 17.7 Å². The SMILES string of the molecule is CC[C@H](NC(=O)COc1ccc(F)cc1)c1ccccc1OC(F)F. The normalized spacial score (nSPS) is 11.9. The number of hydrogen-bond acceptors (Lipinski definition) is 3. The lowest BCUT2D eigenvalue weighted by molar-refractivity contribution is -0.123. The summed E-state index contributed by atoms with van der Waals surface area (Å²) in [7, 11) is 0. The molecule has 0 radical (unpaired) electrons. The van der Waals surface area contributed by atoms with Gasteiger partial charge in [-0.1, -0.05) is 25.1 Å². The fourth-order valence-corrected chi connectivity index (χ4v) is 2.29. The molecule has 0 aliphatic carbocycles. The number of ether oxygens (including phenoxy) is 2. The van der Waals surface area contributed by atoms with E-state index in [1.165, 1.54) is 30.3 Å². The van der Waals surface area contributed by atoms with Gasteiger partial charge in [-0.3, -0.25) is 4.79 Å². The van der Waals surface area contributed by atoms with Gasteiger partial charge in [0.25, 0.3) is 5.91 Å². The highest BCUT2D eigenvalue weighted by molar-refractivity contribution is 5.78. The predicted molar refractivity (Wildman–Crippen MR) is 86.1 cm³/mol. The summed E-state index contributed by atoms with van der Waals surface area (Å²) in [6, 6.07) is 11.1. The van der Waals surface area contributed by atoms with Crippen molar-refractivity contribution in [3.8, 4) is 11.5 Å². The third-order valence-electron chi connectivity index (χ3n) is 3.44. The Morgan fingerprint density at radius 3 is 2.44 bits per heavy atom. The average Bonchev–Trinajstić information content (AvgIpc) is 2.59. The first-order valence-corrected chi connectivity index (χ1v) is 7.71. The number of rotatable bonds is 8. The smallest absolute Gasteiger partial charge is 0.387 e. The summed E-state index contributed by atoms with van der Waals surface area (Å²) in [6.07, 6.45) is 0.478. The summed E-state index contributed by atoms with van der Waals surface area (Å²) < 4.78 is 47.6. The van der Waals surface area contributed by atoms with Crippen molar-refractivity contribution in [2.45, 2.75) is 26.0 Å². The second-order valence-corrected chi connectivity index (χ2v) is 5.19. The summed E-state index contributed by atoms with van der Waals surface area (Å²) in [6.45, 7) is -1.42. The standard InChI is InChI=1S/C18H18F3NO3/c1-2-15(14-5-3-4-6-16(14)25-18(20)21)22-17(23)11-24-13-9-7-12(19)8-10-13/h3-10,15,18H,2,11H2,1H3,(H,22,23)/t15-/m0/s1. The first-order valence-electron chi connectivity index (χ1n) is 7.71. The van der Waals surface area contributed by atoms with Gasteiger partial charge in [0.2, 0.25) is 0 Å². The molecule has 0 heterocycles. The van der Waals surface area contributed by atoms with Gasteiger partial charge in [0.15, 0.2) is 6.61 Å². The molecule has 1 atom stereocenters. The van der Waals surface area contributed by atoms with E-state index in [1.54, 1.807) is 18.2 Å². The molecule has 0 saturated carbocycles. The van der Waals surface area contributed by atoms with Gasteiger partial charge in [-0.05, 0) is 36.8 Å². The number of amides is 1. The molecule has 2 rings (SSSR count). The molecule has 4 nitrogen and oxygen atoms in total. The van der Waals surface area contributed by atoms with Crippen LogP contribution in [0.3, 0.4) is 0 Å². The molecule has 25 heavy (non-hydrogen) atoms. The van der Waals surface area contributed by atoms with Crippen molar-refractivity contribution < 1.29 is 27.4 Å². The van der Waals surface area contributed by atoms with E-state index in [4.69, 9.17) is 4.74 Å². The zero-order valence-corrected chi connectivity index (χ0v) is 13.5. The molecule has 0 spiro atoms. The van der Waals surface area contributed by atoms with Crippen LogP contribution in [0.2, 0.25) is 0 Å². The van der Waals surface area contributed by atoms with Crippen LogP contribution in [0.5, 0.6) is 11.5 Å². The van der Waals surface area contributed by atoms with Crippen LogP contribution in [0, 0.1) is 5.82 Å². The van der Waals surface area contributed by atoms with Gasteiger partial charge in [0.1, 0.15) is 17.3 Å². The monoisotopic (exact) mass is 353 g/mol. The number of halogens is 3. The molecular weight excluding hydrogens is 335 g/mol. The van der Waals surface area contributed by atoms with Gasteiger partial charge < -0.3 is 14.8 Å². The lowest BCUT2D eigenvalue weighted by Gasteiger charge is -2.20. The Kier molecular flexibility index (Phi) is 6.68. The van der Waals surface area contributed by atoms with E-state index in [-0.39, 0.29) is 12.4 Å². The van der Waals surface area contributed by atoms with Gasteiger partial charge in [0, 0.05) is 5.56 Å². The van der Waals surface area contributed by atoms with Crippen LogP contribution in [-0.2, 0) is 4.79 Å². The molecule has 0 unspecified atom stereocenters. The van der Waals surface area contributed by atoms with Gasteiger partial charge in [-0.2, -0.15) is 8.78 Å². The predicted octanol–water partition coefficient (Wildman–Crippen LogP) is 4.07. The van der Waals surface area contributed by atoms with Crippen molar-refractivity contribution in [2.75, 3.05) is 6.61 Å². The van der Waals surface area contributed by atoms with Crippen LogP contribution in [0.4, 0.5) is 13.2 Å². The van der Waals surface area contributed by atoms with Crippen molar-refractivity contribution in [1.29, 1.82) is 0 Å². The maximum Gasteiger partial charge on any atom is 0.387 e. The number of alkyl halides is 2. The highest BCUT2D eigenvalue weighted by Gasteiger charge is 2.19. The minimum Gasteiger partial charge on any atom is -0.484 e. The largest absolute Gasteiger partial charge is 0.484 e. The van der Waals surface area contributed by atoms with Crippen LogP contribution < -0.4 is 14.8 Å². The Bertz CT molecular complexity index is 692. The van der Waals surface area contributed by atoms with Crippen LogP contribution in [-0.4, -0.2) is 19.1 Å². The Hall–Kier alpha value is -2.70. The van der Waals surface area contributed by atoms with Crippen LogP contribution in [0.25, 0.3) is 0 Å². The third kappa shape index (κ3) is 5.70. The zero-order chi connectivity index (χ0) is 18.2. The average molecular weight is 353 g/mol. The quantitative estimate of drug-likeness (QED) is 0.778. The van der Waals surface area contributed by atoms with Crippen molar-refractivity contribution in [2.24, 2.45) is 0 Å². The van der Waals surface area contributed by atoms with E-state index in [1.807, 2.05) is 6.92 Å². The lowest BCUT2D eigenvalue weighted by Crippen LogP contribution is -2.32. The van der Waals surface area contributed by atoms with E-state index in [0.717, 1.165) is 0 Å². The Labute approximate surface area is 143 Å². The van der Waals surface area contributed by atoms with Crippen molar-refractivity contribution in [1.82, 2.24) is 5.32 Å². The molecule has 2 aromatic rings. The van der Waals surface area contributed by atoms with E-state index in [9.17, 15) is 18.0 Å². The number of hydrogen-bond donors (Lipinski definition) is 1. The second-order valence-electron chi connectivity index (χ2n) is 5.19. The van der Waals surface area contributed by atoms with Gasteiger partial charge in [-0.15, -0.1) is 0 Å². The first kappa shape index (κ1) is 18.6.